The number of rotatable bonds is 7. The zero-order chi connectivity index (χ0) is 10.6. The fourth-order valence-electron chi connectivity index (χ4n) is 0.701. The topological polar surface area (TPSA) is 74.8 Å². The summed E-state index contributed by atoms with van der Waals surface area (Å²) in [7, 11) is 1.83. The highest BCUT2D eigenvalue weighted by atomic mass is 16.6. The van der Waals surface area contributed by atoms with Crippen molar-refractivity contribution in [1.82, 2.24) is 16.0 Å². The molecule has 0 fully saturated rings. The predicted octanol–water partition coefficient (Wildman–Crippen LogP) is -0.473. The van der Waals surface area contributed by atoms with Gasteiger partial charge in [0.2, 0.25) is 0 Å². The van der Waals surface area contributed by atoms with E-state index < -0.39 is 0 Å². The van der Waals surface area contributed by atoms with E-state index in [4.69, 9.17) is 4.84 Å². The van der Waals surface area contributed by atoms with Crippen LogP contribution >= 0.6 is 0 Å². The SMILES string of the molecule is CC=NOCCNC(=O)NCCNC. The summed E-state index contributed by atoms with van der Waals surface area (Å²) in [6.45, 7) is 3.95. The smallest absolute Gasteiger partial charge is 0.314 e. The van der Waals surface area contributed by atoms with Gasteiger partial charge in [0, 0.05) is 19.3 Å². The number of oxime groups is 1. The van der Waals surface area contributed by atoms with Gasteiger partial charge in [-0.2, -0.15) is 0 Å². The van der Waals surface area contributed by atoms with Gasteiger partial charge in [-0.05, 0) is 14.0 Å². The van der Waals surface area contributed by atoms with E-state index in [1.54, 1.807) is 13.1 Å². The first-order valence-electron chi connectivity index (χ1n) is 4.57. The molecule has 6 heteroatoms. The van der Waals surface area contributed by atoms with Gasteiger partial charge >= 0.3 is 6.03 Å². The third-order valence-corrected chi connectivity index (χ3v) is 1.32. The van der Waals surface area contributed by atoms with E-state index in [0.29, 0.717) is 19.7 Å². The average Bonchev–Trinajstić information content (AvgIpc) is 2.18. The van der Waals surface area contributed by atoms with E-state index in [1.165, 1.54) is 0 Å². The van der Waals surface area contributed by atoms with Gasteiger partial charge in [-0.15, -0.1) is 0 Å². The van der Waals surface area contributed by atoms with Crippen LogP contribution in [0.5, 0.6) is 0 Å². The molecule has 82 valence electrons. The van der Waals surface area contributed by atoms with Crippen LogP contribution in [-0.2, 0) is 4.84 Å². The second-order valence-electron chi connectivity index (χ2n) is 2.48. The normalized spacial score (nSPS) is 10.1. The van der Waals surface area contributed by atoms with Gasteiger partial charge in [0.05, 0.1) is 6.54 Å². The third kappa shape index (κ3) is 8.79. The number of urea groups is 1. The summed E-state index contributed by atoms with van der Waals surface area (Å²) in [6, 6.07) is -0.190. The Labute approximate surface area is 84.1 Å². The highest BCUT2D eigenvalue weighted by Gasteiger charge is 1.96. The lowest BCUT2D eigenvalue weighted by Crippen LogP contribution is -2.39. The van der Waals surface area contributed by atoms with Crippen LogP contribution in [0.15, 0.2) is 5.16 Å². The van der Waals surface area contributed by atoms with Crippen molar-refractivity contribution < 1.29 is 9.63 Å². The van der Waals surface area contributed by atoms with E-state index in [0.717, 1.165) is 6.54 Å². The van der Waals surface area contributed by atoms with Gasteiger partial charge in [0.15, 0.2) is 0 Å². The van der Waals surface area contributed by atoms with Crippen molar-refractivity contribution >= 4 is 12.2 Å². The van der Waals surface area contributed by atoms with Crippen LogP contribution in [0.1, 0.15) is 6.92 Å². The fourth-order valence-corrected chi connectivity index (χ4v) is 0.701. The molecule has 0 saturated heterocycles. The van der Waals surface area contributed by atoms with E-state index in [9.17, 15) is 4.79 Å². The molecule has 0 aromatic carbocycles. The van der Waals surface area contributed by atoms with Crippen LogP contribution in [0.3, 0.4) is 0 Å². The quantitative estimate of drug-likeness (QED) is 0.297. The number of carbonyl (C=O) groups excluding carboxylic acids is 1. The number of hydrogen-bond donors (Lipinski definition) is 3. The zero-order valence-electron chi connectivity index (χ0n) is 8.67. The summed E-state index contributed by atoms with van der Waals surface area (Å²) in [4.78, 5) is 15.8. The molecule has 0 aromatic rings. The van der Waals surface area contributed by atoms with Gasteiger partial charge in [-0.1, -0.05) is 5.16 Å². The van der Waals surface area contributed by atoms with Crippen molar-refractivity contribution in [3.63, 3.8) is 0 Å². The minimum Gasteiger partial charge on any atom is -0.394 e. The number of hydrogen-bond acceptors (Lipinski definition) is 4. The zero-order valence-corrected chi connectivity index (χ0v) is 8.67. The number of amides is 2. The molecule has 6 nitrogen and oxygen atoms in total. The molecule has 2 amide bonds. The number of nitrogens with zero attached hydrogens (tertiary/aromatic N) is 1. The number of likely N-dealkylation sites (N-methyl/N-ethyl adjacent to an activating group) is 1. The lowest BCUT2D eigenvalue weighted by Gasteiger charge is -2.06. The van der Waals surface area contributed by atoms with Crippen molar-refractivity contribution in [1.29, 1.82) is 0 Å². The highest BCUT2D eigenvalue weighted by molar-refractivity contribution is 5.73. The maximum atomic E-state index is 11.0. The molecular formula is C8H18N4O2. The molecule has 0 heterocycles. The molecule has 14 heavy (non-hydrogen) atoms. The number of nitrogens with one attached hydrogen (secondary N) is 3. The Morgan fingerprint density at radius 3 is 2.71 bits per heavy atom. The molecule has 0 rings (SSSR count). The second-order valence-corrected chi connectivity index (χ2v) is 2.48. The Kier molecular flexibility index (Phi) is 8.88. The van der Waals surface area contributed by atoms with E-state index in [1.807, 2.05) is 7.05 Å². The molecule has 0 saturated carbocycles. The first kappa shape index (κ1) is 12.7. The van der Waals surface area contributed by atoms with Crippen LogP contribution in [0.4, 0.5) is 4.79 Å². The lowest BCUT2D eigenvalue weighted by molar-refractivity contribution is 0.147. The van der Waals surface area contributed by atoms with Gasteiger partial charge in [-0.25, -0.2) is 4.79 Å². The maximum absolute atomic E-state index is 11.0. The van der Waals surface area contributed by atoms with Crippen molar-refractivity contribution in [2.75, 3.05) is 33.3 Å². The Morgan fingerprint density at radius 1 is 1.36 bits per heavy atom. The van der Waals surface area contributed by atoms with E-state index >= 15 is 0 Å². The second kappa shape index (κ2) is 9.79. The molecule has 0 spiro atoms. The standard InChI is InChI=1S/C8H18N4O2/c1-3-12-14-7-6-11-8(13)10-5-4-9-2/h3,9H,4-7H2,1-2H3,(H2,10,11,13). The first-order chi connectivity index (χ1) is 6.81. The van der Waals surface area contributed by atoms with Crippen molar-refractivity contribution in [2.45, 2.75) is 6.92 Å². The van der Waals surface area contributed by atoms with Crippen LogP contribution < -0.4 is 16.0 Å². The minimum atomic E-state index is -0.190. The average molecular weight is 202 g/mol. The summed E-state index contributed by atoms with van der Waals surface area (Å²) in [6.07, 6.45) is 1.55. The van der Waals surface area contributed by atoms with Crippen LogP contribution in [0.25, 0.3) is 0 Å². The summed E-state index contributed by atoms with van der Waals surface area (Å²) in [5, 5.41) is 11.7. The summed E-state index contributed by atoms with van der Waals surface area (Å²) in [5.74, 6) is 0. The molecule has 0 unspecified atom stereocenters. The first-order valence-corrected chi connectivity index (χ1v) is 4.57. The van der Waals surface area contributed by atoms with Gasteiger partial charge < -0.3 is 20.8 Å². The largest absolute Gasteiger partial charge is 0.394 e. The number of carbonyl (C=O) groups is 1. The van der Waals surface area contributed by atoms with Crippen LogP contribution in [0, 0.1) is 0 Å². The summed E-state index contributed by atoms with van der Waals surface area (Å²) < 4.78 is 0. The highest BCUT2D eigenvalue weighted by Crippen LogP contribution is 1.72. The molecule has 0 bridgehead atoms. The van der Waals surface area contributed by atoms with E-state index in [2.05, 4.69) is 21.1 Å². The molecule has 3 N–H and O–H groups in total. The molecule has 0 aromatic heterocycles. The predicted molar refractivity (Wildman–Crippen MR) is 55.4 cm³/mol. The Hall–Kier alpha value is -1.30. The lowest BCUT2D eigenvalue weighted by atomic mass is 10.6. The molecule has 0 aliphatic rings. The van der Waals surface area contributed by atoms with Crippen LogP contribution in [0.2, 0.25) is 0 Å². The third-order valence-electron chi connectivity index (χ3n) is 1.32. The molecular weight excluding hydrogens is 184 g/mol. The van der Waals surface area contributed by atoms with Gasteiger partial charge in [0.1, 0.15) is 6.61 Å². The van der Waals surface area contributed by atoms with Crippen LogP contribution in [-0.4, -0.2) is 45.5 Å². The van der Waals surface area contributed by atoms with Crippen molar-refractivity contribution in [3.05, 3.63) is 0 Å². The van der Waals surface area contributed by atoms with Crippen molar-refractivity contribution in [3.8, 4) is 0 Å². The summed E-state index contributed by atoms with van der Waals surface area (Å²) in [5.41, 5.74) is 0. The molecule has 0 aliphatic heterocycles. The minimum absolute atomic E-state index is 0.190. The summed E-state index contributed by atoms with van der Waals surface area (Å²) >= 11 is 0. The van der Waals surface area contributed by atoms with Crippen molar-refractivity contribution in [2.24, 2.45) is 5.16 Å². The molecule has 0 atom stereocenters. The molecule has 0 radical (unpaired) electrons. The van der Waals surface area contributed by atoms with Gasteiger partial charge in [-0.3, -0.25) is 0 Å². The Balaban J connectivity index is 3.18. The molecule has 0 aliphatic carbocycles. The monoisotopic (exact) mass is 202 g/mol. The van der Waals surface area contributed by atoms with E-state index in [-0.39, 0.29) is 6.03 Å². The Bertz CT molecular complexity index is 173. The maximum Gasteiger partial charge on any atom is 0.314 e. The fraction of sp³-hybridized carbons (Fsp3) is 0.750. The van der Waals surface area contributed by atoms with Gasteiger partial charge in [0.25, 0.3) is 0 Å². The Morgan fingerprint density at radius 2 is 2.07 bits per heavy atom.